The predicted molar refractivity (Wildman–Crippen MR) is 81.6 cm³/mol. The fourth-order valence-corrected chi connectivity index (χ4v) is 2.25. The minimum atomic E-state index is -0.458. The molecule has 0 amide bonds. The van der Waals surface area contributed by atoms with Crippen molar-refractivity contribution >= 4 is 40.9 Å². The summed E-state index contributed by atoms with van der Waals surface area (Å²) in [5.74, 6) is -0.458. The van der Waals surface area contributed by atoms with Gasteiger partial charge in [0.15, 0.2) is 0 Å². The summed E-state index contributed by atoms with van der Waals surface area (Å²) in [6.45, 7) is 0.128. The van der Waals surface area contributed by atoms with Gasteiger partial charge in [-0.1, -0.05) is 29.3 Å². The highest BCUT2D eigenvalue weighted by Gasteiger charge is 2.13. The summed E-state index contributed by atoms with van der Waals surface area (Å²) >= 11 is 13.2. The van der Waals surface area contributed by atoms with Gasteiger partial charge in [0.1, 0.15) is 11.8 Å². The van der Waals surface area contributed by atoms with E-state index in [1.165, 1.54) is 11.8 Å². The van der Waals surface area contributed by atoms with E-state index in [-0.39, 0.29) is 6.61 Å². The normalized spacial score (nSPS) is 10.3. The first-order valence-corrected chi connectivity index (χ1v) is 7.69. The van der Waals surface area contributed by atoms with Crippen molar-refractivity contribution in [2.45, 2.75) is 11.5 Å². The first kappa shape index (κ1) is 15.2. The van der Waals surface area contributed by atoms with Crippen LogP contribution < -0.4 is 0 Å². The number of esters is 1. The molecule has 3 nitrogen and oxygen atoms in total. The largest absolute Gasteiger partial charge is 0.457 e. The topological polar surface area (TPSA) is 39.2 Å². The lowest BCUT2D eigenvalue weighted by Gasteiger charge is -2.07. The molecule has 0 radical (unpaired) electrons. The standard InChI is InChI=1S/C14H11Cl2NO2S/c1-20-10-3-4-12(15)11(6-10)14(18)19-8-9-2-5-13(16)17-7-9/h2-7H,8H2,1H3. The van der Waals surface area contributed by atoms with Crippen LogP contribution in [0.1, 0.15) is 15.9 Å². The summed E-state index contributed by atoms with van der Waals surface area (Å²) in [5, 5.41) is 0.776. The third-order valence-corrected chi connectivity index (χ3v) is 3.83. The Bertz CT molecular complexity index is 617. The molecule has 20 heavy (non-hydrogen) atoms. The molecule has 0 bridgehead atoms. The maximum absolute atomic E-state index is 12.0. The molecular weight excluding hydrogens is 317 g/mol. The van der Waals surface area contributed by atoms with Gasteiger partial charge in [-0.25, -0.2) is 9.78 Å². The zero-order chi connectivity index (χ0) is 14.5. The first-order valence-electron chi connectivity index (χ1n) is 5.71. The van der Waals surface area contributed by atoms with Gasteiger partial charge in [-0.05, 0) is 30.5 Å². The summed E-state index contributed by atoms with van der Waals surface area (Å²) in [6.07, 6.45) is 3.49. The quantitative estimate of drug-likeness (QED) is 0.472. The molecule has 0 aliphatic heterocycles. The second-order valence-electron chi connectivity index (χ2n) is 3.91. The van der Waals surface area contributed by atoms with E-state index in [9.17, 15) is 4.79 Å². The number of ether oxygens (including phenoxy) is 1. The van der Waals surface area contributed by atoms with Crippen molar-refractivity contribution in [3.8, 4) is 0 Å². The van der Waals surface area contributed by atoms with Gasteiger partial charge in [0, 0.05) is 16.7 Å². The Morgan fingerprint density at radius 3 is 2.75 bits per heavy atom. The van der Waals surface area contributed by atoms with E-state index in [0.29, 0.717) is 15.7 Å². The zero-order valence-electron chi connectivity index (χ0n) is 10.6. The number of carbonyl (C=O) groups excluding carboxylic acids is 1. The van der Waals surface area contributed by atoms with Crippen molar-refractivity contribution < 1.29 is 9.53 Å². The molecule has 0 N–H and O–H groups in total. The van der Waals surface area contributed by atoms with Gasteiger partial charge in [0.05, 0.1) is 10.6 Å². The van der Waals surface area contributed by atoms with Crippen molar-refractivity contribution in [2.75, 3.05) is 6.26 Å². The molecule has 0 unspecified atom stereocenters. The van der Waals surface area contributed by atoms with Crippen LogP contribution in [0, 0.1) is 0 Å². The highest BCUT2D eigenvalue weighted by Crippen LogP contribution is 2.24. The number of aromatic nitrogens is 1. The van der Waals surface area contributed by atoms with E-state index in [1.807, 2.05) is 12.3 Å². The third-order valence-electron chi connectivity index (χ3n) is 2.55. The molecule has 1 heterocycles. The number of nitrogens with zero attached hydrogens (tertiary/aromatic N) is 1. The summed E-state index contributed by atoms with van der Waals surface area (Å²) in [6, 6.07) is 8.66. The van der Waals surface area contributed by atoms with Crippen LogP contribution in [-0.2, 0) is 11.3 Å². The first-order chi connectivity index (χ1) is 9.60. The minimum Gasteiger partial charge on any atom is -0.457 e. The summed E-state index contributed by atoms with van der Waals surface area (Å²) in [7, 11) is 0. The number of carbonyl (C=O) groups is 1. The number of rotatable bonds is 4. The number of thioether (sulfide) groups is 1. The Morgan fingerprint density at radius 2 is 2.10 bits per heavy atom. The Hall–Kier alpha value is -1.23. The number of benzene rings is 1. The van der Waals surface area contributed by atoms with E-state index < -0.39 is 5.97 Å². The SMILES string of the molecule is CSc1ccc(Cl)c(C(=O)OCc2ccc(Cl)nc2)c1. The lowest BCUT2D eigenvalue weighted by molar-refractivity contribution is 0.0472. The van der Waals surface area contributed by atoms with Crippen molar-refractivity contribution in [2.24, 2.45) is 0 Å². The van der Waals surface area contributed by atoms with E-state index >= 15 is 0 Å². The third kappa shape index (κ3) is 3.88. The predicted octanol–water partition coefficient (Wildman–Crippen LogP) is 4.47. The zero-order valence-corrected chi connectivity index (χ0v) is 12.9. The van der Waals surface area contributed by atoms with E-state index in [4.69, 9.17) is 27.9 Å². The summed E-state index contributed by atoms with van der Waals surface area (Å²) < 4.78 is 5.22. The van der Waals surface area contributed by atoms with Crippen LogP contribution in [0.25, 0.3) is 0 Å². The van der Waals surface area contributed by atoms with Crippen LogP contribution in [0.15, 0.2) is 41.4 Å². The Labute approximate surface area is 131 Å². The van der Waals surface area contributed by atoms with Gasteiger partial charge < -0.3 is 4.74 Å². The lowest BCUT2D eigenvalue weighted by Crippen LogP contribution is -2.06. The van der Waals surface area contributed by atoms with Gasteiger partial charge in [-0.2, -0.15) is 0 Å². The molecule has 0 saturated heterocycles. The molecule has 0 fully saturated rings. The highest BCUT2D eigenvalue weighted by atomic mass is 35.5. The second-order valence-corrected chi connectivity index (χ2v) is 5.59. The molecule has 2 rings (SSSR count). The molecule has 1 aromatic heterocycles. The van der Waals surface area contributed by atoms with Crippen LogP contribution in [0.5, 0.6) is 0 Å². The van der Waals surface area contributed by atoms with Gasteiger partial charge >= 0.3 is 5.97 Å². The summed E-state index contributed by atoms with van der Waals surface area (Å²) in [4.78, 5) is 16.9. The van der Waals surface area contributed by atoms with Gasteiger partial charge in [-0.15, -0.1) is 11.8 Å². The molecule has 0 saturated carbocycles. The van der Waals surface area contributed by atoms with Crippen LogP contribution in [0.2, 0.25) is 10.2 Å². The van der Waals surface area contributed by atoms with Crippen LogP contribution >= 0.6 is 35.0 Å². The summed E-state index contributed by atoms with van der Waals surface area (Å²) in [5.41, 5.74) is 1.13. The molecule has 0 spiro atoms. The van der Waals surface area contributed by atoms with Crippen LogP contribution in [-0.4, -0.2) is 17.2 Å². The van der Waals surface area contributed by atoms with Crippen molar-refractivity contribution in [3.05, 3.63) is 57.8 Å². The lowest BCUT2D eigenvalue weighted by atomic mass is 10.2. The van der Waals surface area contributed by atoms with Crippen molar-refractivity contribution in [1.82, 2.24) is 4.98 Å². The molecule has 1 aromatic carbocycles. The number of halogens is 2. The molecule has 0 aliphatic carbocycles. The molecule has 6 heteroatoms. The van der Waals surface area contributed by atoms with E-state index in [0.717, 1.165) is 10.5 Å². The molecule has 0 aliphatic rings. The fraction of sp³-hybridized carbons (Fsp3) is 0.143. The Morgan fingerprint density at radius 1 is 1.30 bits per heavy atom. The van der Waals surface area contributed by atoms with Gasteiger partial charge in [0.25, 0.3) is 0 Å². The molecule has 0 atom stereocenters. The highest BCUT2D eigenvalue weighted by molar-refractivity contribution is 7.98. The smallest absolute Gasteiger partial charge is 0.340 e. The van der Waals surface area contributed by atoms with Gasteiger partial charge in [-0.3, -0.25) is 0 Å². The van der Waals surface area contributed by atoms with Crippen LogP contribution in [0.3, 0.4) is 0 Å². The van der Waals surface area contributed by atoms with E-state index in [2.05, 4.69) is 4.98 Å². The maximum atomic E-state index is 12.0. The Balaban J connectivity index is 2.06. The fourth-order valence-electron chi connectivity index (χ4n) is 1.51. The van der Waals surface area contributed by atoms with Crippen molar-refractivity contribution in [1.29, 1.82) is 0 Å². The van der Waals surface area contributed by atoms with Crippen LogP contribution in [0.4, 0.5) is 0 Å². The minimum absolute atomic E-state index is 0.128. The monoisotopic (exact) mass is 327 g/mol. The number of pyridine rings is 1. The number of hydrogen-bond donors (Lipinski definition) is 0. The Kier molecular flexibility index (Phi) is 5.29. The van der Waals surface area contributed by atoms with E-state index in [1.54, 1.807) is 30.5 Å². The van der Waals surface area contributed by atoms with Crippen molar-refractivity contribution in [3.63, 3.8) is 0 Å². The maximum Gasteiger partial charge on any atom is 0.340 e. The van der Waals surface area contributed by atoms with Gasteiger partial charge in [0.2, 0.25) is 0 Å². The molecule has 2 aromatic rings. The average molecular weight is 328 g/mol. The second kappa shape index (κ2) is 6.97. The average Bonchev–Trinajstić information content (AvgIpc) is 2.47. The molecular formula is C14H11Cl2NO2S. The molecule has 104 valence electrons. The number of hydrogen-bond acceptors (Lipinski definition) is 4.